The molecule has 0 radical (unpaired) electrons. The zero-order valence-corrected chi connectivity index (χ0v) is 9.84. The van der Waals surface area contributed by atoms with Crippen molar-refractivity contribution >= 4 is 5.69 Å². The minimum Gasteiger partial charge on any atom is -0.451 e. The normalized spacial score (nSPS) is 9.85. The second-order valence-corrected chi connectivity index (χ2v) is 3.73. The number of hydrogen-bond donors (Lipinski definition) is 0. The summed E-state index contributed by atoms with van der Waals surface area (Å²) in [4.78, 5) is 9.86. The Morgan fingerprint density at radius 1 is 1.15 bits per heavy atom. The third-order valence-corrected chi connectivity index (χ3v) is 2.39. The number of ether oxygens (including phenoxy) is 1. The average molecular weight is 276 g/mol. The molecule has 0 heterocycles. The first-order chi connectivity index (χ1) is 9.51. The van der Waals surface area contributed by atoms with Crippen LogP contribution in [0.2, 0.25) is 0 Å². The zero-order chi connectivity index (χ0) is 14.7. The molecule has 0 unspecified atom stereocenters. The van der Waals surface area contributed by atoms with Crippen molar-refractivity contribution in [2.24, 2.45) is 0 Å². The van der Waals surface area contributed by atoms with Crippen LogP contribution in [0.4, 0.5) is 14.5 Å². The molecule has 7 heteroatoms. The van der Waals surface area contributed by atoms with Crippen LogP contribution in [0.1, 0.15) is 5.56 Å². The topological polar surface area (TPSA) is 76.2 Å². The number of benzene rings is 2. The van der Waals surface area contributed by atoms with Gasteiger partial charge in [0.2, 0.25) is 0 Å². The maximum Gasteiger partial charge on any atom is 0.269 e. The van der Waals surface area contributed by atoms with Gasteiger partial charge in [0.15, 0.2) is 17.4 Å². The van der Waals surface area contributed by atoms with E-state index in [9.17, 15) is 18.9 Å². The van der Waals surface area contributed by atoms with E-state index in [0.717, 1.165) is 24.3 Å². The van der Waals surface area contributed by atoms with Gasteiger partial charge in [-0.25, -0.2) is 8.78 Å². The Labute approximate surface area is 111 Å². The molecule has 0 saturated heterocycles. The molecule has 20 heavy (non-hydrogen) atoms. The van der Waals surface area contributed by atoms with Crippen molar-refractivity contribution in [3.05, 3.63) is 63.7 Å². The highest BCUT2D eigenvalue weighted by atomic mass is 19.1. The van der Waals surface area contributed by atoms with Crippen LogP contribution in [0.15, 0.2) is 36.4 Å². The fourth-order valence-corrected chi connectivity index (χ4v) is 1.48. The van der Waals surface area contributed by atoms with Gasteiger partial charge in [0.1, 0.15) is 5.75 Å². The molecule has 5 nitrogen and oxygen atoms in total. The summed E-state index contributed by atoms with van der Waals surface area (Å²) in [5.41, 5.74) is -0.339. The van der Waals surface area contributed by atoms with Gasteiger partial charge in [0.05, 0.1) is 16.6 Å². The third-order valence-electron chi connectivity index (χ3n) is 2.39. The number of hydrogen-bond acceptors (Lipinski definition) is 4. The molecule has 2 aromatic rings. The molecule has 0 aliphatic rings. The Morgan fingerprint density at radius 3 is 2.15 bits per heavy atom. The monoisotopic (exact) mass is 276 g/mol. The molecular formula is C13H6F2N2O3. The molecule has 0 saturated carbocycles. The van der Waals surface area contributed by atoms with E-state index in [1.54, 1.807) is 6.07 Å². The largest absolute Gasteiger partial charge is 0.451 e. The highest BCUT2D eigenvalue weighted by molar-refractivity contribution is 5.42. The number of nitriles is 1. The van der Waals surface area contributed by atoms with Crippen LogP contribution in [0.3, 0.4) is 0 Å². The Balaban J connectivity index is 2.31. The molecule has 0 aromatic heterocycles. The summed E-state index contributed by atoms with van der Waals surface area (Å²) in [5, 5.41) is 19.0. The number of nitro benzene ring substituents is 1. The molecule has 100 valence electrons. The second-order valence-electron chi connectivity index (χ2n) is 3.73. The van der Waals surface area contributed by atoms with E-state index < -0.39 is 22.3 Å². The van der Waals surface area contributed by atoms with Crippen LogP contribution in [-0.4, -0.2) is 4.92 Å². The first kappa shape index (κ1) is 13.4. The Kier molecular flexibility index (Phi) is 3.57. The van der Waals surface area contributed by atoms with Crippen LogP contribution >= 0.6 is 0 Å². The molecule has 0 N–H and O–H groups in total. The van der Waals surface area contributed by atoms with E-state index in [4.69, 9.17) is 10.00 Å². The van der Waals surface area contributed by atoms with Gasteiger partial charge in [-0.2, -0.15) is 5.26 Å². The maximum atomic E-state index is 13.6. The van der Waals surface area contributed by atoms with E-state index in [0.29, 0.717) is 0 Å². The first-order valence-electron chi connectivity index (χ1n) is 5.32. The molecule has 2 rings (SSSR count). The van der Waals surface area contributed by atoms with Gasteiger partial charge < -0.3 is 4.74 Å². The van der Waals surface area contributed by atoms with E-state index in [1.165, 1.54) is 12.1 Å². The number of non-ortho nitro benzene ring substituents is 1. The SMILES string of the molecule is N#Cc1cc(F)c(Oc2ccc([N+](=O)[O-])cc2)c(F)c1. The summed E-state index contributed by atoms with van der Waals surface area (Å²) in [7, 11) is 0. The summed E-state index contributed by atoms with van der Waals surface area (Å²) in [5.74, 6) is -2.68. The van der Waals surface area contributed by atoms with Crippen LogP contribution < -0.4 is 4.74 Å². The summed E-state index contributed by atoms with van der Waals surface area (Å²) < 4.78 is 32.1. The van der Waals surface area contributed by atoms with Crippen LogP contribution in [0, 0.1) is 33.1 Å². The van der Waals surface area contributed by atoms with Gasteiger partial charge in [0.25, 0.3) is 5.69 Å². The van der Waals surface area contributed by atoms with Crippen molar-refractivity contribution in [2.45, 2.75) is 0 Å². The van der Waals surface area contributed by atoms with Crippen LogP contribution in [-0.2, 0) is 0 Å². The van der Waals surface area contributed by atoms with Gasteiger partial charge >= 0.3 is 0 Å². The lowest BCUT2D eigenvalue weighted by atomic mass is 10.2. The molecule has 0 amide bonds. The van der Waals surface area contributed by atoms with E-state index in [2.05, 4.69) is 0 Å². The number of halogens is 2. The minimum absolute atomic E-state index is 0.0399. The highest BCUT2D eigenvalue weighted by Crippen LogP contribution is 2.29. The Morgan fingerprint density at radius 2 is 1.70 bits per heavy atom. The lowest BCUT2D eigenvalue weighted by Crippen LogP contribution is -1.94. The summed E-state index contributed by atoms with van der Waals surface area (Å²) in [6.45, 7) is 0. The molecule has 0 fully saturated rings. The van der Waals surface area contributed by atoms with Crippen molar-refractivity contribution in [1.82, 2.24) is 0 Å². The van der Waals surface area contributed by atoms with Crippen molar-refractivity contribution in [3.63, 3.8) is 0 Å². The maximum absolute atomic E-state index is 13.6. The number of nitro groups is 1. The van der Waals surface area contributed by atoms with Crippen LogP contribution in [0.5, 0.6) is 11.5 Å². The Hall–Kier alpha value is -3.01. The van der Waals surface area contributed by atoms with Crippen molar-refractivity contribution in [3.8, 4) is 17.6 Å². The lowest BCUT2D eigenvalue weighted by Gasteiger charge is -2.07. The quantitative estimate of drug-likeness (QED) is 0.634. The smallest absolute Gasteiger partial charge is 0.269 e. The lowest BCUT2D eigenvalue weighted by molar-refractivity contribution is -0.384. The molecule has 0 atom stereocenters. The van der Waals surface area contributed by atoms with Crippen molar-refractivity contribution in [1.29, 1.82) is 5.26 Å². The van der Waals surface area contributed by atoms with E-state index in [-0.39, 0.29) is 17.0 Å². The zero-order valence-electron chi connectivity index (χ0n) is 9.84. The van der Waals surface area contributed by atoms with Crippen LogP contribution in [0.25, 0.3) is 0 Å². The third kappa shape index (κ3) is 2.70. The van der Waals surface area contributed by atoms with Gasteiger partial charge in [0, 0.05) is 12.1 Å². The van der Waals surface area contributed by atoms with Gasteiger partial charge in [-0.05, 0) is 24.3 Å². The van der Waals surface area contributed by atoms with Gasteiger partial charge in [-0.15, -0.1) is 0 Å². The van der Waals surface area contributed by atoms with Crippen molar-refractivity contribution < 1.29 is 18.4 Å². The number of rotatable bonds is 3. The summed E-state index contributed by atoms with van der Waals surface area (Å²) in [6.07, 6.45) is 0. The molecule has 0 spiro atoms. The fraction of sp³-hybridized carbons (Fsp3) is 0. The van der Waals surface area contributed by atoms with Gasteiger partial charge in [-0.3, -0.25) is 10.1 Å². The molecule has 0 aliphatic carbocycles. The summed E-state index contributed by atoms with van der Waals surface area (Å²) in [6, 6.07) is 8.01. The molecule has 0 aliphatic heterocycles. The van der Waals surface area contributed by atoms with E-state index in [1.807, 2.05) is 0 Å². The molecule has 2 aromatic carbocycles. The molecule has 0 bridgehead atoms. The predicted octanol–water partition coefficient (Wildman–Crippen LogP) is 3.54. The summed E-state index contributed by atoms with van der Waals surface area (Å²) >= 11 is 0. The highest BCUT2D eigenvalue weighted by Gasteiger charge is 2.14. The standard InChI is InChI=1S/C13H6F2N2O3/c14-11-5-8(7-16)6-12(15)13(11)20-10-3-1-9(2-4-10)17(18)19/h1-6H. The molecular weight excluding hydrogens is 270 g/mol. The van der Waals surface area contributed by atoms with Crippen molar-refractivity contribution in [2.75, 3.05) is 0 Å². The Bertz CT molecular complexity index is 686. The fourth-order valence-electron chi connectivity index (χ4n) is 1.48. The van der Waals surface area contributed by atoms with E-state index >= 15 is 0 Å². The number of nitrogens with zero attached hydrogens (tertiary/aromatic N) is 2. The van der Waals surface area contributed by atoms with Gasteiger partial charge in [-0.1, -0.05) is 0 Å². The minimum atomic E-state index is -1.03. The second kappa shape index (κ2) is 5.32. The first-order valence-corrected chi connectivity index (χ1v) is 5.32. The predicted molar refractivity (Wildman–Crippen MR) is 64.2 cm³/mol. The average Bonchev–Trinajstić information content (AvgIpc) is 2.43.